The van der Waals surface area contributed by atoms with Crippen molar-refractivity contribution >= 4 is 38.6 Å². The molecular weight excluding hydrogens is 466 g/mol. The van der Waals surface area contributed by atoms with E-state index in [4.69, 9.17) is 9.15 Å². The minimum absolute atomic E-state index is 0.0141. The molecular formula is C27H25NO6S. The minimum atomic E-state index is -4.32. The van der Waals surface area contributed by atoms with Gasteiger partial charge in [0.2, 0.25) is 0 Å². The quantitative estimate of drug-likeness (QED) is 0.343. The third-order valence-electron chi connectivity index (χ3n) is 5.80. The molecule has 180 valence electrons. The molecule has 0 spiro atoms. The number of rotatable bonds is 5. The van der Waals surface area contributed by atoms with Gasteiger partial charge in [-0.05, 0) is 69.7 Å². The summed E-state index contributed by atoms with van der Waals surface area (Å²) < 4.78 is 39.2. The molecule has 1 heterocycles. The highest BCUT2D eigenvalue weighted by Gasteiger charge is 2.34. The van der Waals surface area contributed by atoms with Crippen molar-refractivity contribution in [3.63, 3.8) is 0 Å². The predicted molar refractivity (Wildman–Crippen MR) is 133 cm³/mol. The van der Waals surface area contributed by atoms with E-state index in [-0.39, 0.29) is 21.7 Å². The number of aryl methyl sites for hydroxylation is 4. The number of anilines is 1. The van der Waals surface area contributed by atoms with Crippen LogP contribution in [0.1, 0.15) is 43.2 Å². The predicted octanol–water partition coefficient (Wildman–Crippen LogP) is 5.49. The summed E-state index contributed by atoms with van der Waals surface area (Å²) in [7, 11) is -3.07. The van der Waals surface area contributed by atoms with Crippen molar-refractivity contribution in [2.75, 3.05) is 11.4 Å². The van der Waals surface area contributed by atoms with Crippen LogP contribution in [0.4, 0.5) is 5.69 Å². The van der Waals surface area contributed by atoms with Crippen LogP contribution in [0.25, 0.3) is 11.0 Å². The van der Waals surface area contributed by atoms with E-state index in [1.54, 1.807) is 50.2 Å². The van der Waals surface area contributed by atoms with Crippen molar-refractivity contribution in [1.29, 1.82) is 0 Å². The second kappa shape index (κ2) is 9.03. The van der Waals surface area contributed by atoms with Crippen molar-refractivity contribution in [2.45, 2.75) is 32.6 Å². The lowest BCUT2D eigenvalue weighted by molar-refractivity contribution is 0.0600. The van der Waals surface area contributed by atoms with Gasteiger partial charge >= 0.3 is 5.97 Å². The number of sulfonamides is 1. The molecule has 0 aliphatic rings. The van der Waals surface area contributed by atoms with Crippen molar-refractivity contribution in [3.8, 4) is 0 Å². The monoisotopic (exact) mass is 491 g/mol. The zero-order valence-corrected chi connectivity index (χ0v) is 20.9. The Morgan fingerprint density at radius 1 is 0.857 bits per heavy atom. The number of methoxy groups -OCH3 is 1. The van der Waals surface area contributed by atoms with Crippen molar-refractivity contribution < 1.29 is 27.2 Å². The fourth-order valence-corrected chi connectivity index (χ4v) is 5.67. The summed E-state index contributed by atoms with van der Waals surface area (Å²) in [6.07, 6.45) is 0. The normalized spacial score (nSPS) is 11.5. The molecule has 35 heavy (non-hydrogen) atoms. The number of hydrogen-bond donors (Lipinski definition) is 0. The van der Waals surface area contributed by atoms with Crippen LogP contribution in [-0.4, -0.2) is 27.4 Å². The highest BCUT2D eigenvalue weighted by molar-refractivity contribution is 7.93. The number of fused-ring (bicyclic) bond motifs is 1. The van der Waals surface area contributed by atoms with Gasteiger partial charge in [-0.3, -0.25) is 4.79 Å². The van der Waals surface area contributed by atoms with Gasteiger partial charge in [-0.2, -0.15) is 4.31 Å². The Morgan fingerprint density at radius 3 is 2.14 bits per heavy atom. The summed E-state index contributed by atoms with van der Waals surface area (Å²) in [5, 5.41) is 0.351. The van der Waals surface area contributed by atoms with Crippen LogP contribution < -0.4 is 4.31 Å². The lowest BCUT2D eigenvalue weighted by Crippen LogP contribution is -2.37. The largest absolute Gasteiger partial charge is 0.465 e. The molecule has 3 aromatic carbocycles. The molecule has 0 aliphatic heterocycles. The highest BCUT2D eigenvalue weighted by atomic mass is 32.2. The second-order valence-corrected chi connectivity index (χ2v) is 10.2. The van der Waals surface area contributed by atoms with E-state index >= 15 is 0 Å². The van der Waals surface area contributed by atoms with E-state index in [2.05, 4.69) is 0 Å². The Kier molecular flexibility index (Phi) is 6.25. The van der Waals surface area contributed by atoms with E-state index < -0.39 is 21.9 Å². The lowest BCUT2D eigenvalue weighted by Gasteiger charge is -2.24. The van der Waals surface area contributed by atoms with Gasteiger partial charge in [0.05, 0.1) is 17.7 Å². The van der Waals surface area contributed by atoms with Crippen LogP contribution in [0.5, 0.6) is 0 Å². The Labute approximate surface area is 204 Å². The van der Waals surface area contributed by atoms with Gasteiger partial charge in [0.25, 0.3) is 15.9 Å². The van der Waals surface area contributed by atoms with Gasteiger partial charge in [-0.1, -0.05) is 35.4 Å². The number of furan rings is 1. The summed E-state index contributed by atoms with van der Waals surface area (Å²) in [6, 6.07) is 16.1. The number of hydrogen-bond acceptors (Lipinski definition) is 6. The topological polar surface area (TPSA) is 93.9 Å². The Morgan fingerprint density at radius 2 is 1.51 bits per heavy atom. The molecule has 0 saturated heterocycles. The maximum absolute atomic E-state index is 14.0. The SMILES string of the molecule is COC(=O)c1c(C)oc2ccc(N(C(=O)c3ccc(C)cc3)S(=O)(=O)c3ccc(C)cc3C)cc12. The molecule has 0 saturated carbocycles. The number of esters is 1. The van der Waals surface area contributed by atoms with E-state index in [1.165, 1.54) is 31.4 Å². The number of amides is 1. The molecule has 4 rings (SSSR count). The maximum atomic E-state index is 14.0. The Bertz CT molecular complexity index is 1570. The Balaban J connectivity index is 1.97. The number of nitrogens with zero attached hydrogens (tertiary/aromatic N) is 1. The summed E-state index contributed by atoms with van der Waals surface area (Å²) in [4.78, 5) is 26.1. The van der Waals surface area contributed by atoms with Crippen molar-refractivity contribution in [3.05, 3.63) is 94.2 Å². The molecule has 0 atom stereocenters. The summed E-state index contributed by atoms with van der Waals surface area (Å²) in [6.45, 7) is 7.05. The summed E-state index contributed by atoms with van der Waals surface area (Å²) in [5.74, 6) is -1.01. The highest BCUT2D eigenvalue weighted by Crippen LogP contribution is 2.34. The lowest BCUT2D eigenvalue weighted by atomic mass is 10.1. The fraction of sp³-hybridized carbons (Fsp3) is 0.185. The zero-order chi connectivity index (χ0) is 25.5. The fourth-order valence-electron chi connectivity index (χ4n) is 4.06. The first-order valence-corrected chi connectivity index (χ1v) is 12.3. The van der Waals surface area contributed by atoms with Gasteiger partial charge in [0.1, 0.15) is 16.9 Å². The average molecular weight is 492 g/mol. The van der Waals surface area contributed by atoms with E-state index in [0.717, 1.165) is 15.4 Å². The molecule has 0 aliphatic carbocycles. The smallest absolute Gasteiger partial charge is 0.342 e. The number of carbonyl (C=O) groups excluding carboxylic acids is 2. The number of benzene rings is 3. The van der Waals surface area contributed by atoms with Crippen LogP contribution in [0.2, 0.25) is 0 Å². The standard InChI is InChI=1S/C27H25NO6S/c1-16-6-9-20(10-7-16)26(29)28(35(31,32)24-13-8-17(2)14-18(24)3)21-11-12-23-22(15-21)25(19(4)34-23)27(30)33-5/h6-15H,1-5H3. The van der Waals surface area contributed by atoms with E-state index in [1.807, 2.05) is 13.8 Å². The van der Waals surface area contributed by atoms with Gasteiger partial charge in [-0.15, -0.1) is 0 Å². The molecule has 1 amide bonds. The summed E-state index contributed by atoms with van der Waals surface area (Å²) >= 11 is 0. The van der Waals surface area contributed by atoms with Gasteiger partial charge in [-0.25, -0.2) is 13.2 Å². The third kappa shape index (κ3) is 4.33. The summed E-state index contributed by atoms with van der Waals surface area (Å²) in [5.41, 5.74) is 3.19. The molecule has 0 N–H and O–H groups in total. The first-order valence-electron chi connectivity index (χ1n) is 10.9. The molecule has 4 aromatic rings. The maximum Gasteiger partial charge on any atom is 0.342 e. The van der Waals surface area contributed by atoms with E-state index in [9.17, 15) is 18.0 Å². The molecule has 1 aromatic heterocycles. The van der Waals surface area contributed by atoms with Gasteiger partial charge in [0.15, 0.2) is 0 Å². The Hall–Kier alpha value is -3.91. The van der Waals surface area contributed by atoms with Gasteiger partial charge < -0.3 is 9.15 Å². The zero-order valence-electron chi connectivity index (χ0n) is 20.1. The molecule has 0 unspecified atom stereocenters. The first kappa shape index (κ1) is 24.2. The van der Waals surface area contributed by atoms with Crippen LogP contribution in [0, 0.1) is 27.7 Å². The van der Waals surface area contributed by atoms with E-state index in [0.29, 0.717) is 22.3 Å². The van der Waals surface area contributed by atoms with Crippen LogP contribution >= 0.6 is 0 Å². The van der Waals surface area contributed by atoms with Crippen molar-refractivity contribution in [1.82, 2.24) is 0 Å². The molecule has 8 heteroatoms. The molecule has 0 bridgehead atoms. The molecule has 7 nitrogen and oxygen atoms in total. The molecule has 0 radical (unpaired) electrons. The van der Waals surface area contributed by atoms with Crippen LogP contribution in [-0.2, 0) is 14.8 Å². The van der Waals surface area contributed by atoms with Crippen LogP contribution in [0.15, 0.2) is 70.0 Å². The number of ether oxygens (including phenoxy) is 1. The van der Waals surface area contributed by atoms with Crippen molar-refractivity contribution in [2.24, 2.45) is 0 Å². The minimum Gasteiger partial charge on any atom is -0.465 e. The van der Waals surface area contributed by atoms with Crippen LogP contribution in [0.3, 0.4) is 0 Å². The average Bonchev–Trinajstić information content (AvgIpc) is 3.13. The molecule has 0 fully saturated rings. The third-order valence-corrected chi connectivity index (χ3v) is 7.67. The van der Waals surface area contributed by atoms with Gasteiger partial charge in [0, 0.05) is 10.9 Å². The second-order valence-electron chi connectivity index (χ2n) is 8.41. The number of carbonyl (C=O) groups is 2. The first-order chi connectivity index (χ1) is 16.5.